The lowest BCUT2D eigenvalue weighted by molar-refractivity contribution is -0.122. The molecular weight excluding hydrogens is 438 g/mol. The SMILES string of the molecule is CN1CCN(c2ccc(CN3C(=O)C(C4CCCCC4)n4c3nc3ccccc3c4=O)cc2)CC1. The van der Waals surface area contributed by atoms with Crippen molar-refractivity contribution in [2.75, 3.05) is 43.0 Å². The second kappa shape index (κ2) is 9.11. The van der Waals surface area contributed by atoms with E-state index in [0.29, 0.717) is 23.4 Å². The van der Waals surface area contributed by atoms with Crippen LogP contribution in [0.4, 0.5) is 11.6 Å². The number of fused-ring (bicyclic) bond motifs is 2. The lowest BCUT2D eigenvalue weighted by Gasteiger charge is -2.34. The normalized spacial score (nSPS) is 21.6. The van der Waals surface area contributed by atoms with Crippen molar-refractivity contribution in [3.63, 3.8) is 0 Å². The highest BCUT2D eigenvalue weighted by atomic mass is 16.2. The summed E-state index contributed by atoms with van der Waals surface area (Å²) in [5.74, 6) is 0.706. The topological polar surface area (TPSA) is 61.7 Å². The fourth-order valence-electron chi connectivity index (χ4n) is 6.01. The molecule has 3 aromatic rings. The summed E-state index contributed by atoms with van der Waals surface area (Å²) in [6.45, 7) is 4.61. The monoisotopic (exact) mass is 471 g/mol. The third kappa shape index (κ3) is 4.01. The van der Waals surface area contributed by atoms with Gasteiger partial charge in [0.25, 0.3) is 11.5 Å². The van der Waals surface area contributed by atoms with E-state index in [0.717, 1.165) is 57.4 Å². The zero-order chi connectivity index (χ0) is 23.9. The van der Waals surface area contributed by atoms with Crippen LogP contribution >= 0.6 is 0 Å². The van der Waals surface area contributed by atoms with Crippen LogP contribution in [0.25, 0.3) is 10.9 Å². The van der Waals surface area contributed by atoms with Gasteiger partial charge in [0.2, 0.25) is 5.95 Å². The summed E-state index contributed by atoms with van der Waals surface area (Å²) in [7, 11) is 2.16. The predicted molar refractivity (Wildman–Crippen MR) is 139 cm³/mol. The number of carbonyl (C=O) groups excluding carboxylic acids is 1. The summed E-state index contributed by atoms with van der Waals surface area (Å²) in [5, 5.41) is 0.586. The number of benzene rings is 2. The molecule has 1 unspecified atom stereocenters. The number of aromatic nitrogens is 2. The Hall–Kier alpha value is -3.19. The van der Waals surface area contributed by atoms with Crippen LogP contribution < -0.4 is 15.4 Å². The van der Waals surface area contributed by atoms with Gasteiger partial charge in [-0.05, 0) is 55.6 Å². The molecule has 3 heterocycles. The summed E-state index contributed by atoms with van der Waals surface area (Å²) in [5.41, 5.74) is 2.82. The largest absolute Gasteiger partial charge is 0.369 e. The Bertz CT molecular complexity index is 1290. The molecule has 0 N–H and O–H groups in total. The van der Waals surface area contributed by atoms with Gasteiger partial charge in [0.05, 0.1) is 17.4 Å². The molecule has 1 atom stereocenters. The van der Waals surface area contributed by atoms with Gasteiger partial charge in [-0.2, -0.15) is 0 Å². The summed E-state index contributed by atoms with van der Waals surface area (Å²) >= 11 is 0. The average molecular weight is 472 g/mol. The van der Waals surface area contributed by atoms with Crippen LogP contribution in [0.2, 0.25) is 0 Å². The first-order valence-electron chi connectivity index (χ1n) is 13.0. The fraction of sp³-hybridized carbons (Fsp3) is 0.464. The third-order valence-electron chi connectivity index (χ3n) is 8.07. The van der Waals surface area contributed by atoms with E-state index in [4.69, 9.17) is 4.98 Å². The summed E-state index contributed by atoms with van der Waals surface area (Å²) in [6, 6.07) is 15.5. The molecule has 1 aliphatic carbocycles. The van der Waals surface area contributed by atoms with Crippen LogP contribution in [0.3, 0.4) is 0 Å². The van der Waals surface area contributed by atoms with Crippen LogP contribution in [0.1, 0.15) is 43.7 Å². The average Bonchev–Trinajstić information content (AvgIpc) is 3.17. The number of carbonyl (C=O) groups is 1. The van der Waals surface area contributed by atoms with E-state index in [2.05, 4.69) is 41.1 Å². The van der Waals surface area contributed by atoms with Crippen molar-refractivity contribution < 1.29 is 4.79 Å². The highest BCUT2D eigenvalue weighted by Gasteiger charge is 2.44. The van der Waals surface area contributed by atoms with Gasteiger partial charge in [0, 0.05) is 31.9 Å². The first kappa shape index (κ1) is 22.3. The first-order valence-corrected chi connectivity index (χ1v) is 13.0. The van der Waals surface area contributed by atoms with Crippen LogP contribution in [0, 0.1) is 5.92 Å². The second-order valence-electron chi connectivity index (χ2n) is 10.3. The molecule has 182 valence electrons. The molecule has 0 radical (unpaired) electrons. The van der Waals surface area contributed by atoms with E-state index >= 15 is 0 Å². The molecular formula is C28H33N5O2. The van der Waals surface area contributed by atoms with Gasteiger partial charge < -0.3 is 9.80 Å². The molecule has 1 saturated heterocycles. The van der Waals surface area contributed by atoms with Crippen LogP contribution in [-0.4, -0.2) is 53.6 Å². The minimum absolute atomic E-state index is 0.0138. The van der Waals surface area contributed by atoms with Crippen LogP contribution in [0.15, 0.2) is 53.3 Å². The van der Waals surface area contributed by atoms with Crippen molar-refractivity contribution in [3.8, 4) is 0 Å². The van der Waals surface area contributed by atoms with E-state index in [1.54, 1.807) is 9.47 Å². The molecule has 1 saturated carbocycles. The number of nitrogens with zero attached hydrogens (tertiary/aromatic N) is 5. The Labute approximate surface area is 206 Å². The van der Waals surface area contributed by atoms with Gasteiger partial charge in [0.1, 0.15) is 6.04 Å². The van der Waals surface area contributed by atoms with E-state index in [9.17, 15) is 9.59 Å². The smallest absolute Gasteiger partial charge is 0.263 e. The molecule has 2 aromatic carbocycles. The second-order valence-corrected chi connectivity index (χ2v) is 10.3. The van der Waals surface area contributed by atoms with Gasteiger partial charge in [0.15, 0.2) is 0 Å². The van der Waals surface area contributed by atoms with Crippen molar-refractivity contribution >= 4 is 28.4 Å². The maximum absolute atomic E-state index is 13.9. The van der Waals surface area contributed by atoms with Gasteiger partial charge >= 0.3 is 0 Å². The number of likely N-dealkylation sites (N-methyl/N-ethyl adjacent to an activating group) is 1. The Morgan fingerprint density at radius 2 is 1.60 bits per heavy atom. The number of amides is 1. The Balaban J connectivity index is 1.33. The molecule has 0 bridgehead atoms. The molecule has 3 aliphatic rings. The Kier molecular flexibility index (Phi) is 5.80. The fourth-order valence-corrected chi connectivity index (χ4v) is 6.01. The number of rotatable bonds is 4. The highest BCUT2D eigenvalue weighted by Crippen LogP contribution is 2.40. The molecule has 35 heavy (non-hydrogen) atoms. The third-order valence-corrected chi connectivity index (χ3v) is 8.07. The van der Waals surface area contributed by atoms with E-state index < -0.39 is 6.04 Å². The summed E-state index contributed by atoms with van der Waals surface area (Å²) < 4.78 is 1.71. The predicted octanol–water partition coefficient (Wildman–Crippen LogP) is 3.82. The molecule has 7 heteroatoms. The first-order chi connectivity index (χ1) is 17.1. The molecule has 7 nitrogen and oxygen atoms in total. The molecule has 1 aromatic heterocycles. The maximum Gasteiger partial charge on any atom is 0.263 e. The van der Waals surface area contributed by atoms with Gasteiger partial charge in [-0.3, -0.25) is 19.1 Å². The maximum atomic E-state index is 13.9. The van der Waals surface area contributed by atoms with Crippen molar-refractivity contribution in [1.29, 1.82) is 0 Å². The van der Waals surface area contributed by atoms with Gasteiger partial charge in [-0.1, -0.05) is 43.5 Å². The Morgan fingerprint density at radius 3 is 2.34 bits per heavy atom. The van der Waals surface area contributed by atoms with Gasteiger partial charge in [-0.25, -0.2) is 4.98 Å². The van der Waals surface area contributed by atoms with Gasteiger partial charge in [-0.15, -0.1) is 0 Å². The number of para-hydroxylation sites is 1. The molecule has 2 aliphatic heterocycles. The highest BCUT2D eigenvalue weighted by molar-refractivity contribution is 5.99. The van der Waals surface area contributed by atoms with E-state index in [-0.39, 0.29) is 17.4 Å². The summed E-state index contributed by atoms with van der Waals surface area (Å²) in [4.78, 5) is 38.8. The zero-order valence-electron chi connectivity index (χ0n) is 20.4. The number of hydrogen-bond acceptors (Lipinski definition) is 5. The van der Waals surface area contributed by atoms with Crippen LogP contribution in [0.5, 0.6) is 0 Å². The standard InChI is InChI=1S/C28H33N5O2/c1-30-15-17-31(18-16-30)22-13-11-20(12-14-22)19-32-27(35)25(21-7-3-2-4-8-21)33-26(34)23-9-5-6-10-24(23)29-28(32)33/h5-6,9-14,21,25H,2-4,7-8,15-19H2,1H3. The quantitative estimate of drug-likeness (QED) is 0.579. The number of anilines is 2. The minimum Gasteiger partial charge on any atom is -0.369 e. The lowest BCUT2D eigenvalue weighted by atomic mass is 9.83. The molecule has 0 spiro atoms. The van der Waals surface area contributed by atoms with E-state index in [1.165, 1.54) is 12.1 Å². The van der Waals surface area contributed by atoms with Crippen molar-refractivity contribution in [2.24, 2.45) is 5.92 Å². The van der Waals surface area contributed by atoms with Crippen molar-refractivity contribution in [1.82, 2.24) is 14.5 Å². The van der Waals surface area contributed by atoms with Crippen LogP contribution in [-0.2, 0) is 11.3 Å². The lowest BCUT2D eigenvalue weighted by Crippen LogP contribution is -2.44. The number of piperazine rings is 1. The summed E-state index contributed by atoms with van der Waals surface area (Å²) in [6.07, 6.45) is 5.42. The van der Waals surface area contributed by atoms with E-state index in [1.807, 2.05) is 24.3 Å². The Morgan fingerprint density at radius 1 is 0.886 bits per heavy atom. The molecule has 1 amide bonds. The zero-order valence-corrected chi connectivity index (χ0v) is 20.4. The van der Waals surface area contributed by atoms with Crippen molar-refractivity contribution in [2.45, 2.75) is 44.7 Å². The number of hydrogen-bond donors (Lipinski definition) is 0. The van der Waals surface area contributed by atoms with Crippen molar-refractivity contribution in [3.05, 3.63) is 64.4 Å². The molecule has 2 fully saturated rings. The minimum atomic E-state index is -0.445. The molecule has 6 rings (SSSR count).